The Labute approximate surface area is 246 Å². The van der Waals surface area contributed by atoms with Gasteiger partial charge in [0, 0.05) is 33.3 Å². The normalized spacial score (nSPS) is 21.3. The van der Waals surface area contributed by atoms with Crippen LogP contribution in [0.15, 0.2) is 48.5 Å². The van der Waals surface area contributed by atoms with Crippen molar-refractivity contribution in [3.05, 3.63) is 69.8 Å². The smallest absolute Gasteiger partial charge is 0.409 e. The van der Waals surface area contributed by atoms with Gasteiger partial charge < -0.3 is 48.8 Å². The number of nitrogens with zero attached hydrogens (tertiary/aromatic N) is 3. The number of aliphatic hydroxyl groups is 3. The second-order valence-corrected chi connectivity index (χ2v) is 9.53. The van der Waals surface area contributed by atoms with E-state index >= 15 is 0 Å². The van der Waals surface area contributed by atoms with Crippen molar-refractivity contribution in [2.24, 2.45) is 0 Å². The van der Waals surface area contributed by atoms with Crippen LogP contribution in [-0.4, -0.2) is 113 Å². The van der Waals surface area contributed by atoms with Gasteiger partial charge in [-0.15, -0.1) is 0 Å². The van der Waals surface area contributed by atoms with E-state index in [9.17, 15) is 39.8 Å². The van der Waals surface area contributed by atoms with Gasteiger partial charge in [0.1, 0.15) is 31.5 Å². The van der Waals surface area contributed by atoms with E-state index in [1.54, 1.807) is 30.3 Å². The maximum Gasteiger partial charge on any atom is 0.409 e. The highest BCUT2D eigenvalue weighted by Gasteiger charge is 2.49. The van der Waals surface area contributed by atoms with Crippen LogP contribution in [-0.2, 0) is 37.0 Å². The molecule has 0 radical (unpaired) electrons. The first-order chi connectivity index (χ1) is 20.4. The molecule has 0 bridgehead atoms. The minimum atomic E-state index is -1.91. The number of esters is 1. The van der Waals surface area contributed by atoms with Crippen molar-refractivity contribution in [1.29, 1.82) is 0 Å². The molecule has 5 atom stereocenters. The first-order valence-corrected chi connectivity index (χ1v) is 12.9. The summed E-state index contributed by atoms with van der Waals surface area (Å²) in [6.45, 7) is -0.210. The predicted molar refractivity (Wildman–Crippen MR) is 144 cm³/mol. The van der Waals surface area contributed by atoms with Crippen LogP contribution in [0.25, 0.3) is 0 Å². The van der Waals surface area contributed by atoms with Crippen LogP contribution in [0.2, 0.25) is 0 Å². The van der Waals surface area contributed by atoms with Gasteiger partial charge in [0.25, 0.3) is 0 Å². The van der Waals surface area contributed by atoms with Gasteiger partial charge in [0.05, 0.1) is 12.0 Å². The van der Waals surface area contributed by atoms with Crippen LogP contribution < -0.4 is 4.74 Å². The third-order valence-electron chi connectivity index (χ3n) is 6.42. The molecule has 3 N–H and O–H groups in total. The number of hydrogen-bond donors (Lipinski definition) is 3. The van der Waals surface area contributed by atoms with Crippen molar-refractivity contribution < 1.29 is 58.3 Å². The van der Waals surface area contributed by atoms with Gasteiger partial charge >= 0.3 is 23.8 Å². The monoisotopic (exact) mass is 607 g/mol. The second kappa shape index (κ2) is 15.1. The molecule has 16 nitrogen and oxygen atoms in total. The molecule has 2 amide bonds. The molecule has 1 saturated heterocycles. The molecule has 5 unspecified atom stereocenters. The fraction of sp³-hybridized carbons (Fsp3) is 0.444. The van der Waals surface area contributed by atoms with E-state index in [-0.39, 0.29) is 31.9 Å². The maximum atomic E-state index is 12.6. The molecule has 0 aliphatic carbocycles. The van der Waals surface area contributed by atoms with Crippen LogP contribution >= 0.6 is 0 Å². The highest BCUT2D eigenvalue weighted by molar-refractivity contribution is 5.76. The molecule has 16 heteroatoms. The first kappa shape index (κ1) is 33.0. The summed E-state index contributed by atoms with van der Waals surface area (Å²) in [6, 6.07) is 12.2. The van der Waals surface area contributed by atoms with Crippen LogP contribution in [0.1, 0.15) is 11.1 Å². The number of aliphatic hydroxyl groups excluding tert-OH is 3. The van der Waals surface area contributed by atoms with Gasteiger partial charge in [-0.25, -0.2) is 14.4 Å². The molecule has 0 spiro atoms. The van der Waals surface area contributed by atoms with E-state index in [1.807, 2.05) is 0 Å². The summed E-state index contributed by atoms with van der Waals surface area (Å²) in [5.41, 5.74) is 0.269. The van der Waals surface area contributed by atoms with Crippen molar-refractivity contribution in [2.75, 3.05) is 34.3 Å². The SMILES string of the molecule is COC(=O)N(C)CCN(C)C(=O)OCc1ccc(OC2OC(C(=O)OCc3ccccc3)C(O)C(O)C2O)c([N+](=O)[O-])c1. The largest absolute Gasteiger partial charge is 0.459 e. The number of likely N-dealkylation sites (N-methyl/N-ethyl adjacent to an activating group) is 2. The van der Waals surface area contributed by atoms with Gasteiger partial charge in [0.15, 0.2) is 11.9 Å². The molecular weight excluding hydrogens is 574 g/mol. The molecular formula is C27H33N3O13. The molecule has 234 valence electrons. The lowest BCUT2D eigenvalue weighted by Crippen LogP contribution is -2.61. The third-order valence-corrected chi connectivity index (χ3v) is 6.42. The van der Waals surface area contributed by atoms with Crippen LogP contribution in [0.3, 0.4) is 0 Å². The summed E-state index contributed by atoms with van der Waals surface area (Å²) >= 11 is 0. The van der Waals surface area contributed by atoms with Gasteiger partial charge in [-0.2, -0.15) is 0 Å². The molecule has 1 aliphatic heterocycles. The number of methoxy groups -OCH3 is 1. The Morgan fingerprint density at radius 2 is 1.51 bits per heavy atom. The third kappa shape index (κ3) is 8.74. The maximum absolute atomic E-state index is 12.6. The molecule has 1 aliphatic rings. The summed E-state index contributed by atoms with van der Waals surface area (Å²) in [7, 11) is 4.16. The lowest BCUT2D eigenvalue weighted by molar-refractivity contribution is -0.387. The number of nitro benzene ring substituents is 1. The zero-order chi connectivity index (χ0) is 31.7. The number of benzene rings is 2. The predicted octanol–water partition coefficient (Wildman–Crippen LogP) is 0.791. The molecule has 1 fully saturated rings. The standard InChI is InChI=1S/C27H33N3O13/c1-28(26(35)39-3)11-12-29(2)27(36)41-15-17-9-10-19(18(13-17)30(37)38)42-25-22(33)20(31)21(32)23(43-25)24(34)40-14-16-7-5-4-6-8-16/h4-10,13,20-23,25,31-33H,11-12,14-15H2,1-3H3. The lowest BCUT2D eigenvalue weighted by atomic mass is 9.99. The highest BCUT2D eigenvalue weighted by atomic mass is 16.7. The Kier molecular flexibility index (Phi) is 11.6. The van der Waals surface area contributed by atoms with Gasteiger partial charge in [-0.1, -0.05) is 36.4 Å². The van der Waals surface area contributed by atoms with Crippen LogP contribution in [0.5, 0.6) is 5.75 Å². The van der Waals surface area contributed by atoms with Crippen molar-refractivity contribution >= 4 is 23.8 Å². The quantitative estimate of drug-likeness (QED) is 0.140. The Morgan fingerprint density at radius 3 is 2.14 bits per heavy atom. The second-order valence-electron chi connectivity index (χ2n) is 9.53. The first-order valence-electron chi connectivity index (χ1n) is 12.9. The van der Waals surface area contributed by atoms with Crippen molar-refractivity contribution in [2.45, 2.75) is 43.9 Å². The van der Waals surface area contributed by atoms with E-state index in [2.05, 4.69) is 4.74 Å². The van der Waals surface area contributed by atoms with Crippen molar-refractivity contribution in [3.8, 4) is 5.75 Å². The highest BCUT2D eigenvalue weighted by Crippen LogP contribution is 2.32. The molecule has 43 heavy (non-hydrogen) atoms. The molecule has 0 aromatic heterocycles. The number of carbonyl (C=O) groups is 3. The summed E-state index contributed by atoms with van der Waals surface area (Å²) in [6.07, 6.45) is -10.6. The Morgan fingerprint density at radius 1 is 0.884 bits per heavy atom. The number of rotatable bonds is 11. The average Bonchev–Trinajstić information content (AvgIpc) is 3.01. The van der Waals surface area contributed by atoms with Crippen LogP contribution in [0, 0.1) is 10.1 Å². The van der Waals surface area contributed by atoms with Crippen molar-refractivity contribution in [1.82, 2.24) is 9.80 Å². The van der Waals surface area contributed by atoms with E-state index < -0.39 is 65.2 Å². The lowest BCUT2D eigenvalue weighted by Gasteiger charge is -2.38. The average molecular weight is 608 g/mol. The van der Waals surface area contributed by atoms with E-state index in [1.165, 1.54) is 37.1 Å². The summed E-state index contributed by atoms with van der Waals surface area (Å²) in [5, 5.41) is 42.8. The Hall–Kier alpha value is -4.51. The molecule has 0 saturated carbocycles. The number of amides is 2. The fourth-order valence-corrected chi connectivity index (χ4v) is 3.86. The summed E-state index contributed by atoms with van der Waals surface area (Å²) in [4.78, 5) is 49.8. The minimum Gasteiger partial charge on any atom is -0.459 e. The zero-order valence-electron chi connectivity index (χ0n) is 23.6. The topological polar surface area (TPSA) is 208 Å². The number of nitro groups is 1. The number of hydrogen-bond acceptors (Lipinski definition) is 13. The van der Waals surface area contributed by atoms with E-state index in [4.69, 9.17) is 18.9 Å². The molecule has 3 rings (SSSR count). The Bertz CT molecular complexity index is 1280. The van der Waals surface area contributed by atoms with E-state index in [0.717, 1.165) is 12.1 Å². The molecule has 2 aromatic rings. The van der Waals surface area contributed by atoms with Crippen LogP contribution in [0.4, 0.5) is 15.3 Å². The molecule has 1 heterocycles. The number of carbonyl (C=O) groups excluding carboxylic acids is 3. The van der Waals surface area contributed by atoms with Crippen molar-refractivity contribution in [3.63, 3.8) is 0 Å². The van der Waals surface area contributed by atoms with Gasteiger partial charge in [0.2, 0.25) is 6.29 Å². The number of ether oxygens (including phenoxy) is 5. The van der Waals surface area contributed by atoms with Gasteiger partial charge in [-0.3, -0.25) is 10.1 Å². The summed E-state index contributed by atoms with van der Waals surface area (Å²) in [5.74, 6) is -1.45. The summed E-state index contributed by atoms with van der Waals surface area (Å²) < 4.78 is 25.8. The Balaban J connectivity index is 1.64. The zero-order valence-corrected chi connectivity index (χ0v) is 23.6. The van der Waals surface area contributed by atoms with Gasteiger partial charge in [-0.05, 0) is 17.2 Å². The fourth-order valence-electron chi connectivity index (χ4n) is 3.86. The minimum absolute atomic E-state index is 0.127. The van der Waals surface area contributed by atoms with E-state index in [0.29, 0.717) is 5.56 Å². The molecule has 2 aromatic carbocycles.